The fraction of sp³-hybridized carbons (Fsp3) is 0.385. The number of methoxy groups -OCH3 is 1. The average Bonchev–Trinajstić information content (AvgIpc) is 2.38. The van der Waals surface area contributed by atoms with E-state index < -0.39 is 5.97 Å². The molecule has 0 spiro atoms. The third kappa shape index (κ3) is 4.43. The zero-order chi connectivity index (χ0) is 15.1. The highest BCUT2D eigenvalue weighted by atomic mass is 16.5. The van der Waals surface area contributed by atoms with Crippen molar-refractivity contribution >= 4 is 23.3 Å². The molecule has 1 rings (SSSR count). The number of carboxylic acid groups (broad SMARTS) is 1. The molecule has 1 aromatic carbocycles. The molecule has 0 atom stereocenters. The number of nitrogens with two attached hydrogens (primary N) is 1. The zero-order valence-electron chi connectivity index (χ0n) is 11.5. The van der Waals surface area contributed by atoms with Crippen LogP contribution in [0.25, 0.3) is 0 Å². The van der Waals surface area contributed by atoms with Crippen LogP contribution in [0.3, 0.4) is 0 Å². The Hall–Kier alpha value is -2.28. The Kier molecular flexibility index (Phi) is 5.79. The van der Waals surface area contributed by atoms with Gasteiger partial charge in [0.2, 0.25) is 5.91 Å². The molecule has 0 aliphatic rings. The van der Waals surface area contributed by atoms with Gasteiger partial charge in [-0.2, -0.15) is 0 Å². The fourth-order valence-corrected chi connectivity index (χ4v) is 1.71. The third-order valence-electron chi connectivity index (χ3n) is 2.67. The number of rotatable bonds is 7. The molecular weight excluding hydrogens is 262 g/mol. The Morgan fingerprint density at radius 2 is 2.15 bits per heavy atom. The summed E-state index contributed by atoms with van der Waals surface area (Å²) in [5, 5.41) is 11.8. The second-order valence-corrected chi connectivity index (χ2v) is 4.28. The van der Waals surface area contributed by atoms with Crippen molar-refractivity contribution < 1.29 is 19.4 Å². The van der Waals surface area contributed by atoms with Crippen molar-refractivity contribution in [1.82, 2.24) is 5.32 Å². The normalized spacial score (nSPS) is 10.1. The minimum absolute atomic E-state index is 0.0495. The van der Waals surface area contributed by atoms with Gasteiger partial charge in [-0.3, -0.25) is 4.79 Å². The summed E-state index contributed by atoms with van der Waals surface area (Å²) in [7, 11) is 3.19. The van der Waals surface area contributed by atoms with E-state index in [0.717, 1.165) is 0 Å². The third-order valence-corrected chi connectivity index (χ3v) is 2.67. The van der Waals surface area contributed by atoms with Crippen LogP contribution in [0, 0.1) is 0 Å². The number of carbonyl (C=O) groups is 2. The Labute approximate surface area is 117 Å². The number of carboxylic acids is 1. The van der Waals surface area contributed by atoms with E-state index in [9.17, 15) is 9.59 Å². The topological polar surface area (TPSA) is 105 Å². The summed E-state index contributed by atoms with van der Waals surface area (Å²) < 4.78 is 4.83. The molecule has 0 unspecified atom stereocenters. The number of nitrogens with one attached hydrogen (secondary N) is 1. The van der Waals surface area contributed by atoms with Crippen LogP contribution < -0.4 is 16.0 Å². The number of likely N-dealkylation sites (N-methyl/N-ethyl adjacent to an activating group) is 1. The predicted octanol–water partition coefficient (Wildman–Crippen LogP) is 0.166. The minimum atomic E-state index is -1.08. The number of hydrogen-bond donors (Lipinski definition) is 3. The van der Waals surface area contributed by atoms with Crippen molar-refractivity contribution in [3.63, 3.8) is 0 Å². The highest BCUT2D eigenvalue weighted by molar-refractivity contribution is 5.96. The molecule has 20 heavy (non-hydrogen) atoms. The maximum Gasteiger partial charge on any atom is 0.337 e. The molecule has 110 valence electrons. The smallest absolute Gasteiger partial charge is 0.337 e. The molecule has 0 radical (unpaired) electrons. The Morgan fingerprint density at radius 1 is 1.45 bits per heavy atom. The number of carbonyl (C=O) groups excluding carboxylic acids is 1. The number of anilines is 2. The van der Waals surface area contributed by atoms with Crippen LogP contribution >= 0.6 is 0 Å². The number of nitrogens with zero attached hydrogens (tertiary/aromatic N) is 1. The number of amides is 1. The quantitative estimate of drug-likeness (QED) is 0.486. The molecule has 4 N–H and O–H groups in total. The monoisotopic (exact) mass is 281 g/mol. The summed E-state index contributed by atoms with van der Waals surface area (Å²) in [5.41, 5.74) is 6.44. The van der Waals surface area contributed by atoms with Crippen molar-refractivity contribution in [3.8, 4) is 0 Å². The molecule has 0 aliphatic carbocycles. The van der Waals surface area contributed by atoms with Crippen LogP contribution in [0.5, 0.6) is 0 Å². The van der Waals surface area contributed by atoms with Gasteiger partial charge >= 0.3 is 5.97 Å². The predicted molar refractivity (Wildman–Crippen MR) is 76.0 cm³/mol. The van der Waals surface area contributed by atoms with Crippen molar-refractivity contribution in [1.29, 1.82) is 0 Å². The van der Waals surface area contributed by atoms with E-state index in [2.05, 4.69) is 5.32 Å². The molecular formula is C13H19N3O4. The van der Waals surface area contributed by atoms with E-state index >= 15 is 0 Å². The van der Waals surface area contributed by atoms with Crippen LogP contribution in [0.2, 0.25) is 0 Å². The van der Waals surface area contributed by atoms with Gasteiger partial charge in [-0.05, 0) is 18.2 Å². The van der Waals surface area contributed by atoms with Crippen LogP contribution in [0.4, 0.5) is 11.4 Å². The van der Waals surface area contributed by atoms with Crippen LogP contribution in [-0.4, -0.2) is 50.8 Å². The maximum absolute atomic E-state index is 11.7. The van der Waals surface area contributed by atoms with Crippen molar-refractivity contribution in [3.05, 3.63) is 23.8 Å². The Morgan fingerprint density at radius 3 is 2.75 bits per heavy atom. The van der Waals surface area contributed by atoms with Gasteiger partial charge in [-0.15, -0.1) is 0 Å². The number of aromatic carboxylic acids is 1. The standard InChI is InChI=1S/C13H19N3O4/c1-16(8-12(17)15-5-6-20-2)11-4-3-9(14)7-10(11)13(18)19/h3-4,7H,5-6,8,14H2,1-2H3,(H,15,17)(H,18,19). The maximum atomic E-state index is 11.7. The largest absolute Gasteiger partial charge is 0.478 e. The summed E-state index contributed by atoms with van der Waals surface area (Å²) in [6, 6.07) is 4.55. The average molecular weight is 281 g/mol. The first-order valence-corrected chi connectivity index (χ1v) is 6.05. The number of ether oxygens (including phenoxy) is 1. The second-order valence-electron chi connectivity index (χ2n) is 4.28. The molecule has 0 bridgehead atoms. The van der Waals surface area contributed by atoms with Gasteiger partial charge in [0.1, 0.15) is 0 Å². The van der Waals surface area contributed by atoms with Gasteiger partial charge in [0.05, 0.1) is 24.4 Å². The molecule has 0 fully saturated rings. The van der Waals surface area contributed by atoms with E-state index in [-0.39, 0.29) is 18.0 Å². The van der Waals surface area contributed by atoms with Gasteiger partial charge in [-0.1, -0.05) is 0 Å². The van der Waals surface area contributed by atoms with E-state index in [1.165, 1.54) is 6.07 Å². The number of hydrogen-bond acceptors (Lipinski definition) is 5. The molecule has 0 aromatic heterocycles. The van der Waals surface area contributed by atoms with Crippen LogP contribution in [0.1, 0.15) is 10.4 Å². The molecule has 0 saturated carbocycles. The first-order chi connectivity index (χ1) is 9.45. The Balaban J connectivity index is 2.74. The number of benzene rings is 1. The van der Waals surface area contributed by atoms with E-state index in [1.54, 1.807) is 31.2 Å². The lowest BCUT2D eigenvalue weighted by Gasteiger charge is -2.21. The molecule has 0 heterocycles. The van der Waals surface area contributed by atoms with Crippen LogP contribution in [-0.2, 0) is 9.53 Å². The van der Waals surface area contributed by atoms with Gasteiger partial charge in [0, 0.05) is 26.4 Å². The molecule has 0 aliphatic heterocycles. The van der Waals surface area contributed by atoms with Gasteiger partial charge < -0.3 is 25.8 Å². The minimum Gasteiger partial charge on any atom is -0.478 e. The second kappa shape index (κ2) is 7.34. The summed E-state index contributed by atoms with van der Waals surface area (Å²) in [5.74, 6) is -1.29. The molecule has 7 nitrogen and oxygen atoms in total. The lowest BCUT2D eigenvalue weighted by molar-refractivity contribution is -0.119. The van der Waals surface area contributed by atoms with Gasteiger partial charge in [0.25, 0.3) is 0 Å². The molecule has 1 amide bonds. The van der Waals surface area contributed by atoms with Crippen LogP contribution in [0.15, 0.2) is 18.2 Å². The van der Waals surface area contributed by atoms with Crippen molar-refractivity contribution in [2.45, 2.75) is 0 Å². The van der Waals surface area contributed by atoms with Crippen molar-refractivity contribution in [2.75, 3.05) is 44.5 Å². The summed E-state index contributed by atoms with van der Waals surface area (Å²) >= 11 is 0. The van der Waals surface area contributed by atoms with Gasteiger partial charge in [-0.25, -0.2) is 4.79 Å². The first kappa shape index (κ1) is 15.8. The summed E-state index contributed by atoms with van der Waals surface area (Å²) in [6.45, 7) is 0.891. The molecule has 1 aromatic rings. The van der Waals surface area contributed by atoms with E-state index in [4.69, 9.17) is 15.6 Å². The SMILES string of the molecule is COCCNC(=O)CN(C)c1ccc(N)cc1C(=O)O. The summed E-state index contributed by atoms with van der Waals surface area (Å²) in [4.78, 5) is 24.4. The van der Waals surface area contributed by atoms with E-state index in [0.29, 0.717) is 24.5 Å². The lowest BCUT2D eigenvalue weighted by Crippen LogP contribution is -2.37. The first-order valence-electron chi connectivity index (χ1n) is 6.05. The Bertz CT molecular complexity index is 491. The van der Waals surface area contributed by atoms with Gasteiger partial charge in [0.15, 0.2) is 0 Å². The molecule has 7 heteroatoms. The van der Waals surface area contributed by atoms with E-state index in [1.807, 2.05) is 0 Å². The molecule has 0 saturated heterocycles. The highest BCUT2D eigenvalue weighted by Gasteiger charge is 2.15. The highest BCUT2D eigenvalue weighted by Crippen LogP contribution is 2.22. The fourth-order valence-electron chi connectivity index (χ4n) is 1.71. The van der Waals surface area contributed by atoms with Crippen molar-refractivity contribution in [2.24, 2.45) is 0 Å². The lowest BCUT2D eigenvalue weighted by atomic mass is 10.1. The zero-order valence-corrected chi connectivity index (χ0v) is 11.5. The summed E-state index contributed by atoms with van der Waals surface area (Å²) in [6.07, 6.45) is 0. The number of nitrogen functional groups attached to an aromatic ring is 1.